The van der Waals surface area contributed by atoms with Gasteiger partial charge in [0.1, 0.15) is 6.07 Å². The zero-order valence-electron chi connectivity index (χ0n) is 11.4. The fraction of sp³-hybridized carbons (Fsp3) is 0.429. The predicted octanol–water partition coefficient (Wildman–Crippen LogP) is 1.86. The highest BCUT2D eigenvalue weighted by Crippen LogP contribution is 2.25. The molecule has 1 aromatic carbocycles. The van der Waals surface area contributed by atoms with Crippen molar-refractivity contribution in [1.29, 1.82) is 5.26 Å². The van der Waals surface area contributed by atoms with Crippen LogP contribution in [0.1, 0.15) is 38.0 Å². The Balaban J connectivity index is 2.31. The zero-order chi connectivity index (χ0) is 14.0. The molecule has 1 heterocycles. The van der Waals surface area contributed by atoms with Crippen molar-refractivity contribution in [2.75, 3.05) is 6.54 Å². The van der Waals surface area contributed by atoms with Crippen molar-refractivity contribution in [3.05, 3.63) is 29.5 Å². The molecule has 19 heavy (non-hydrogen) atoms. The van der Waals surface area contributed by atoms with Gasteiger partial charge in [-0.3, -0.25) is 5.10 Å². The summed E-state index contributed by atoms with van der Waals surface area (Å²) in [7, 11) is 0. The number of hydrogen-bond donors (Lipinski definition) is 3. The van der Waals surface area contributed by atoms with Crippen LogP contribution in [0.25, 0.3) is 10.9 Å². The van der Waals surface area contributed by atoms with Crippen LogP contribution in [0.3, 0.4) is 0 Å². The number of hydrogen-bond acceptors (Lipinski definition) is 4. The molecular formula is C14H18N4O. The molecule has 100 valence electrons. The smallest absolute Gasteiger partial charge is 0.101 e. The molecule has 0 fully saturated rings. The second-order valence-electron chi connectivity index (χ2n) is 5.62. The Hall–Kier alpha value is -1.90. The summed E-state index contributed by atoms with van der Waals surface area (Å²) in [5, 5.41) is 30.1. The number of aliphatic hydroxyl groups is 1. The molecule has 0 aliphatic carbocycles. The van der Waals surface area contributed by atoms with E-state index < -0.39 is 6.10 Å². The van der Waals surface area contributed by atoms with Crippen LogP contribution in [0.5, 0.6) is 0 Å². The molecule has 0 amide bonds. The summed E-state index contributed by atoms with van der Waals surface area (Å²) in [6.45, 7) is 6.60. The summed E-state index contributed by atoms with van der Waals surface area (Å²) < 4.78 is 0. The summed E-state index contributed by atoms with van der Waals surface area (Å²) in [6, 6.07) is 5.60. The topological polar surface area (TPSA) is 84.7 Å². The van der Waals surface area contributed by atoms with Gasteiger partial charge < -0.3 is 10.4 Å². The molecule has 0 aliphatic heterocycles. The van der Waals surface area contributed by atoms with Gasteiger partial charge >= 0.3 is 0 Å². The van der Waals surface area contributed by atoms with Crippen molar-refractivity contribution in [3.63, 3.8) is 0 Å². The lowest BCUT2D eigenvalue weighted by Gasteiger charge is -2.23. The van der Waals surface area contributed by atoms with Gasteiger partial charge in [-0.15, -0.1) is 0 Å². The van der Waals surface area contributed by atoms with E-state index in [1.807, 2.05) is 20.8 Å². The highest BCUT2D eigenvalue weighted by molar-refractivity contribution is 5.87. The Morgan fingerprint density at radius 1 is 1.47 bits per heavy atom. The summed E-state index contributed by atoms with van der Waals surface area (Å²) in [5.41, 5.74) is 1.94. The van der Waals surface area contributed by atoms with Crippen LogP contribution in [-0.4, -0.2) is 27.4 Å². The van der Waals surface area contributed by atoms with Crippen LogP contribution >= 0.6 is 0 Å². The maximum atomic E-state index is 10.3. The van der Waals surface area contributed by atoms with Crippen LogP contribution in [0.2, 0.25) is 0 Å². The summed E-state index contributed by atoms with van der Waals surface area (Å²) in [6.07, 6.45) is 1.01. The predicted molar refractivity (Wildman–Crippen MR) is 73.5 cm³/mol. The minimum atomic E-state index is -0.632. The number of rotatable bonds is 3. The molecule has 5 heteroatoms. The molecule has 0 saturated heterocycles. The summed E-state index contributed by atoms with van der Waals surface area (Å²) in [5.74, 6) is 0. The molecule has 1 atom stereocenters. The molecule has 3 N–H and O–H groups in total. The molecule has 2 rings (SSSR count). The second kappa shape index (κ2) is 5.00. The molecule has 0 unspecified atom stereocenters. The molecule has 0 spiro atoms. The van der Waals surface area contributed by atoms with Crippen molar-refractivity contribution >= 4 is 10.9 Å². The number of H-pyrrole nitrogens is 1. The van der Waals surface area contributed by atoms with Gasteiger partial charge in [-0.1, -0.05) is 6.07 Å². The molecule has 5 nitrogen and oxygen atoms in total. The lowest BCUT2D eigenvalue weighted by atomic mass is 10.0. The average Bonchev–Trinajstić information content (AvgIpc) is 2.83. The number of nitriles is 1. The number of fused-ring (bicyclic) bond motifs is 1. The number of aromatic nitrogens is 2. The Labute approximate surface area is 112 Å². The normalized spacial score (nSPS) is 13.4. The fourth-order valence-corrected chi connectivity index (χ4v) is 1.95. The van der Waals surface area contributed by atoms with Crippen molar-refractivity contribution in [2.45, 2.75) is 32.4 Å². The van der Waals surface area contributed by atoms with Gasteiger partial charge in [-0.25, -0.2) is 0 Å². The highest BCUT2D eigenvalue weighted by atomic mass is 16.3. The Morgan fingerprint density at radius 2 is 2.21 bits per heavy atom. The lowest BCUT2D eigenvalue weighted by Crippen LogP contribution is -2.38. The van der Waals surface area contributed by atoms with E-state index in [2.05, 4.69) is 21.6 Å². The Kier molecular flexibility index (Phi) is 3.56. The van der Waals surface area contributed by atoms with Crippen molar-refractivity contribution in [2.24, 2.45) is 0 Å². The lowest BCUT2D eigenvalue weighted by molar-refractivity contribution is 0.164. The van der Waals surface area contributed by atoms with Crippen LogP contribution < -0.4 is 5.32 Å². The van der Waals surface area contributed by atoms with Gasteiger partial charge in [-0.05, 0) is 32.4 Å². The first-order valence-electron chi connectivity index (χ1n) is 6.21. The molecular weight excluding hydrogens is 240 g/mol. The minimum Gasteiger partial charge on any atom is -0.387 e. The Bertz CT molecular complexity index is 618. The first kappa shape index (κ1) is 13.5. The molecule has 0 bridgehead atoms. The van der Waals surface area contributed by atoms with Crippen molar-refractivity contribution in [1.82, 2.24) is 15.5 Å². The third-order valence-corrected chi connectivity index (χ3v) is 2.95. The van der Waals surface area contributed by atoms with Crippen molar-refractivity contribution < 1.29 is 5.11 Å². The van der Waals surface area contributed by atoms with E-state index in [-0.39, 0.29) is 5.54 Å². The molecule has 0 radical (unpaired) electrons. The van der Waals surface area contributed by atoms with Gasteiger partial charge in [-0.2, -0.15) is 10.4 Å². The quantitative estimate of drug-likeness (QED) is 0.784. The van der Waals surface area contributed by atoms with Crippen LogP contribution in [-0.2, 0) is 0 Å². The summed E-state index contributed by atoms with van der Waals surface area (Å²) >= 11 is 0. The average molecular weight is 258 g/mol. The molecule has 0 aliphatic rings. The largest absolute Gasteiger partial charge is 0.387 e. The first-order chi connectivity index (χ1) is 8.92. The van der Waals surface area contributed by atoms with E-state index in [0.717, 1.165) is 10.9 Å². The van der Waals surface area contributed by atoms with E-state index in [1.165, 1.54) is 0 Å². The number of β-amino-alcohol motifs (C(OH)–C–C–N with tert-alkyl or cyclic N) is 1. The number of nitrogens with one attached hydrogen (secondary N) is 2. The standard InChI is InChI=1S/C14H18N4O/c1-14(2,3)16-8-12(19)10-5-4-9(6-15)13-11(10)7-17-18-13/h4-5,7,12,16,19H,8H2,1-3H3,(H,17,18)/t12-/m0/s1. The van der Waals surface area contributed by atoms with E-state index >= 15 is 0 Å². The van der Waals surface area contributed by atoms with Gasteiger partial charge in [0.05, 0.1) is 23.4 Å². The molecule has 1 aromatic heterocycles. The van der Waals surface area contributed by atoms with Crippen LogP contribution in [0.15, 0.2) is 18.3 Å². The Morgan fingerprint density at radius 3 is 2.84 bits per heavy atom. The maximum absolute atomic E-state index is 10.3. The SMILES string of the molecule is CC(C)(C)NC[C@H](O)c1ccc(C#N)c2[nH]ncc12. The number of aliphatic hydroxyl groups excluding tert-OH is 1. The highest BCUT2D eigenvalue weighted by Gasteiger charge is 2.17. The summed E-state index contributed by atoms with van der Waals surface area (Å²) in [4.78, 5) is 0. The van der Waals surface area contributed by atoms with E-state index in [0.29, 0.717) is 17.6 Å². The molecule has 2 aromatic rings. The number of aromatic amines is 1. The van der Waals surface area contributed by atoms with Crippen LogP contribution in [0, 0.1) is 11.3 Å². The van der Waals surface area contributed by atoms with E-state index in [9.17, 15) is 5.11 Å². The van der Waals surface area contributed by atoms with Crippen LogP contribution in [0.4, 0.5) is 0 Å². The van der Waals surface area contributed by atoms with Gasteiger partial charge in [0.25, 0.3) is 0 Å². The second-order valence-corrected chi connectivity index (χ2v) is 5.62. The third-order valence-electron chi connectivity index (χ3n) is 2.95. The van der Waals surface area contributed by atoms with E-state index in [4.69, 9.17) is 5.26 Å². The van der Waals surface area contributed by atoms with Gasteiger partial charge in [0.2, 0.25) is 0 Å². The van der Waals surface area contributed by atoms with Gasteiger partial charge in [0, 0.05) is 17.5 Å². The monoisotopic (exact) mass is 258 g/mol. The maximum Gasteiger partial charge on any atom is 0.101 e. The fourth-order valence-electron chi connectivity index (χ4n) is 1.95. The molecule has 0 saturated carbocycles. The van der Waals surface area contributed by atoms with Crippen molar-refractivity contribution in [3.8, 4) is 6.07 Å². The van der Waals surface area contributed by atoms with Gasteiger partial charge in [0.15, 0.2) is 0 Å². The number of benzene rings is 1. The van der Waals surface area contributed by atoms with E-state index in [1.54, 1.807) is 18.3 Å². The minimum absolute atomic E-state index is 0.0525. The number of nitrogens with zero attached hydrogens (tertiary/aromatic N) is 2. The zero-order valence-corrected chi connectivity index (χ0v) is 11.4. The first-order valence-corrected chi connectivity index (χ1v) is 6.21. The third kappa shape index (κ3) is 2.92.